The molecule has 0 aliphatic heterocycles. The fourth-order valence-corrected chi connectivity index (χ4v) is 5.11. The number of carbonyl (C=O) groups excluding carboxylic acids is 1. The summed E-state index contributed by atoms with van der Waals surface area (Å²) in [6, 6.07) is 8.10. The monoisotopic (exact) mass is 498 g/mol. The number of hydrogen-bond acceptors (Lipinski definition) is 3. The number of unbranched alkanes of at least 4 members (excludes halogenated alkanes) is 18. The highest BCUT2D eigenvalue weighted by Crippen LogP contribution is 2.15. The van der Waals surface area contributed by atoms with Crippen LogP contribution in [-0.2, 0) is 17.6 Å². The van der Waals surface area contributed by atoms with E-state index in [4.69, 9.17) is 8.83 Å². The van der Waals surface area contributed by atoms with Crippen molar-refractivity contribution < 1.29 is 13.6 Å². The molecule has 0 aromatic carbocycles. The van der Waals surface area contributed by atoms with Gasteiger partial charge in [0.25, 0.3) is 0 Å². The molecule has 204 valence electrons. The smallest absolute Gasteiger partial charge is 0.132 e. The van der Waals surface area contributed by atoms with Crippen LogP contribution in [0, 0.1) is 0 Å². The van der Waals surface area contributed by atoms with Crippen LogP contribution >= 0.6 is 0 Å². The van der Waals surface area contributed by atoms with Gasteiger partial charge in [0, 0.05) is 25.7 Å². The average molecular weight is 499 g/mol. The number of carbonyl (C=O) groups is 1. The molecule has 3 nitrogen and oxygen atoms in total. The summed E-state index contributed by atoms with van der Waals surface area (Å²) in [4.78, 5) is 12.1. The number of aryl methyl sites for hydroxylation is 2. The minimum atomic E-state index is 0.499. The van der Waals surface area contributed by atoms with E-state index in [0.29, 0.717) is 5.78 Å². The maximum Gasteiger partial charge on any atom is 0.132 e. The van der Waals surface area contributed by atoms with Gasteiger partial charge in [0.2, 0.25) is 0 Å². The molecule has 0 fully saturated rings. The lowest BCUT2D eigenvalue weighted by molar-refractivity contribution is -0.119. The molecule has 0 aliphatic carbocycles. The van der Waals surface area contributed by atoms with Gasteiger partial charge in [0.15, 0.2) is 0 Å². The van der Waals surface area contributed by atoms with Crippen molar-refractivity contribution in [3.8, 4) is 0 Å². The van der Waals surface area contributed by atoms with Crippen LogP contribution in [0.4, 0.5) is 0 Å². The first-order valence-corrected chi connectivity index (χ1v) is 15.4. The van der Waals surface area contributed by atoms with Crippen molar-refractivity contribution in [2.24, 2.45) is 0 Å². The number of Topliss-reactive ketones (excluding diaryl/α,β-unsaturated/α-hetero) is 1. The van der Waals surface area contributed by atoms with Crippen molar-refractivity contribution in [3.63, 3.8) is 0 Å². The van der Waals surface area contributed by atoms with Gasteiger partial charge in [0.1, 0.15) is 17.3 Å². The molecule has 0 unspecified atom stereocenters. The van der Waals surface area contributed by atoms with Gasteiger partial charge in [-0.3, -0.25) is 4.79 Å². The number of hydrogen-bond donors (Lipinski definition) is 0. The van der Waals surface area contributed by atoms with Crippen LogP contribution in [0.15, 0.2) is 45.6 Å². The molecule has 0 saturated carbocycles. The van der Waals surface area contributed by atoms with Gasteiger partial charge in [-0.2, -0.15) is 0 Å². The lowest BCUT2D eigenvalue weighted by Gasteiger charge is -2.04. The van der Waals surface area contributed by atoms with Crippen LogP contribution < -0.4 is 0 Å². The summed E-state index contributed by atoms with van der Waals surface area (Å²) in [6.45, 7) is 0. The van der Waals surface area contributed by atoms with Crippen LogP contribution in [0.3, 0.4) is 0 Å². The molecule has 0 bridgehead atoms. The summed E-state index contributed by atoms with van der Waals surface area (Å²) >= 11 is 0. The van der Waals surface area contributed by atoms with Crippen molar-refractivity contribution in [1.82, 2.24) is 0 Å². The first-order valence-electron chi connectivity index (χ1n) is 15.4. The Morgan fingerprint density at radius 1 is 0.444 bits per heavy atom. The zero-order valence-corrected chi connectivity index (χ0v) is 23.2. The number of furan rings is 2. The van der Waals surface area contributed by atoms with E-state index in [1.54, 1.807) is 12.5 Å². The molecule has 2 aromatic rings. The summed E-state index contributed by atoms with van der Waals surface area (Å²) in [5.41, 5.74) is 0. The van der Waals surface area contributed by atoms with Crippen molar-refractivity contribution in [2.75, 3.05) is 0 Å². The Kier molecular flexibility index (Phi) is 19.0. The molecule has 2 rings (SSSR count). The molecule has 36 heavy (non-hydrogen) atoms. The van der Waals surface area contributed by atoms with E-state index in [0.717, 1.165) is 50.0 Å². The molecule has 0 aliphatic rings. The van der Waals surface area contributed by atoms with Crippen molar-refractivity contribution in [2.45, 2.75) is 154 Å². The van der Waals surface area contributed by atoms with Crippen molar-refractivity contribution in [3.05, 3.63) is 48.3 Å². The van der Waals surface area contributed by atoms with Gasteiger partial charge in [-0.15, -0.1) is 0 Å². The Labute approximate surface area is 221 Å². The first kappa shape index (κ1) is 30.5. The van der Waals surface area contributed by atoms with Gasteiger partial charge in [-0.1, -0.05) is 103 Å². The molecule has 3 heteroatoms. The lowest BCUT2D eigenvalue weighted by Crippen LogP contribution is -1.97. The van der Waals surface area contributed by atoms with Crippen LogP contribution in [-0.4, -0.2) is 5.78 Å². The minimum Gasteiger partial charge on any atom is -0.469 e. The lowest BCUT2D eigenvalue weighted by atomic mass is 10.0. The van der Waals surface area contributed by atoms with E-state index in [1.807, 2.05) is 12.1 Å². The maximum atomic E-state index is 12.1. The van der Waals surface area contributed by atoms with Gasteiger partial charge in [0.05, 0.1) is 12.5 Å². The predicted octanol–water partition coefficient (Wildman–Crippen LogP) is 10.8. The van der Waals surface area contributed by atoms with Crippen molar-refractivity contribution >= 4 is 5.78 Å². The Morgan fingerprint density at radius 3 is 1.06 bits per heavy atom. The topological polar surface area (TPSA) is 43.4 Å². The van der Waals surface area contributed by atoms with Crippen LogP contribution in [0.25, 0.3) is 0 Å². The van der Waals surface area contributed by atoms with E-state index in [2.05, 4.69) is 12.1 Å². The molecule has 2 heterocycles. The fraction of sp³-hybridized carbons (Fsp3) is 0.727. The number of rotatable bonds is 26. The normalized spacial score (nSPS) is 11.3. The highest BCUT2D eigenvalue weighted by Gasteiger charge is 2.02. The molecule has 0 N–H and O–H groups in total. The molecule has 0 radical (unpaired) electrons. The second kappa shape index (κ2) is 22.4. The fourth-order valence-electron chi connectivity index (χ4n) is 5.11. The Morgan fingerprint density at radius 2 is 0.750 bits per heavy atom. The minimum absolute atomic E-state index is 0.499. The molecular formula is C33H54O3. The third-order valence-electron chi connectivity index (χ3n) is 7.42. The Hall–Kier alpha value is -1.77. The van der Waals surface area contributed by atoms with Gasteiger partial charge in [-0.05, 0) is 49.9 Å². The molecule has 2 aromatic heterocycles. The molecule has 0 saturated heterocycles. The molecule has 0 atom stereocenters. The summed E-state index contributed by atoms with van der Waals surface area (Å²) in [6.07, 6.45) is 33.3. The molecule has 0 spiro atoms. The van der Waals surface area contributed by atoms with Crippen LogP contribution in [0.1, 0.15) is 153 Å². The van der Waals surface area contributed by atoms with Crippen molar-refractivity contribution in [1.29, 1.82) is 0 Å². The average Bonchev–Trinajstić information content (AvgIpc) is 3.60. The zero-order chi connectivity index (χ0) is 25.4. The summed E-state index contributed by atoms with van der Waals surface area (Å²) < 4.78 is 10.8. The second-order valence-corrected chi connectivity index (χ2v) is 10.8. The van der Waals surface area contributed by atoms with E-state index in [-0.39, 0.29) is 0 Å². The predicted molar refractivity (Wildman–Crippen MR) is 151 cm³/mol. The van der Waals surface area contributed by atoms with Crippen LogP contribution in [0.2, 0.25) is 0 Å². The zero-order valence-electron chi connectivity index (χ0n) is 23.2. The van der Waals surface area contributed by atoms with E-state index < -0.39 is 0 Å². The van der Waals surface area contributed by atoms with Gasteiger partial charge >= 0.3 is 0 Å². The van der Waals surface area contributed by atoms with Gasteiger partial charge in [-0.25, -0.2) is 0 Å². The quantitative estimate of drug-likeness (QED) is 0.121. The van der Waals surface area contributed by atoms with Crippen LogP contribution in [0.5, 0.6) is 0 Å². The Bertz CT molecular complexity index is 641. The maximum absolute atomic E-state index is 12.1. The summed E-state index contributed by atoms with van der Waals surface area (Å²) in [7, 11) is 0. The third-order valence-corrected chi connectivity index (χ3v) is 7.42. The van der Waals surface area contributed by atoms with E-state index in [9.17, 15) is 4.79 Å². The highest BCUT2D eigenvalue weighted by atomic mass is 16.3. The standard InChI is InChI=1S/C33H54O3/c34-31(23-17-13-9-5-1-3-7-11-15-19-25-32-27-21-29-35-32)24-18-14-10-6-2-4-8-12-16-20-26-33-28-22-30-36-33/h21-22,27-30H,1-20,23-26H2. The first-order chi connectivity index (χ1) is 17.8. The second-order valence-electron chi connectivity index (χ2n) is 10.8. The summed E-state index contributed by atoms with van der Waals surface area (Å²) in [5, 5.41) is 0. The van der Waals surface area contributed by atoms with E-state index >= 15 is 0 Å². The summed E-state index contributed by atoms with van der Waals surface area (Å²) in [5.74, 6) is 2.75. The molecule has 0 amide bonds. The van der Waals surface area contributed by atoms with Gasteiger partial charge < -0.3 is 8.83 Å². The van der Waals surface area contributed by atoms with E-state index in [1.165, 1.54) is 116 Å². The highest BCUT2D eigenvalue weighted by molar-refractivity contribution is 5.78. The third kappa shape index (κ3) is 17.6. The molecular weight excluding hydrogens is 444 g/mol. The number of ketones is 1. The largest absolute Gasteiger partial charge is 0.469 e. The SMILES string of the molecule is O=C(CCCCCCCCCCCCc1ccco1)CCCCCCCCCCCCc1ccco1. The Balaban J connectivity index is 1.20.